The van der Waals surface area contributed by atoms with Crippen LogP contribution in [0, 0.1) is 0 Å². The number of hydrogen-bond acceptors (Lipinski definition) is 7. The predicted molar refractivity (Wildman–Crippen MR) is 68.2 cm³/mol. The number of nitrogens with two attached hydrogens (primary N) is 1. The fourth-order valence-corrected chi connectivity index (χ4v) is 2.93. The fourth-order valence-electron chi connectivity index (χ4n) is 2.93. The average Bonchev–Trinajstić information content (AvgIpc) is 2.90. The van der Waals surface area contributed by atoms with Crippen molar-refractivity contribution in [3.05, 3.63) is 22.7 Å². The molecule has 1 aromatic heterocycles. The molecule has 0 aliphatic carbocycles. The van der Waals surface area contributed by atoms with E-state index in [9.17, 15) is 4.79 Å². The van der Waals surface area contributed by atoms with E-state index >= 15 is 0 Å². The molecule has 0 radical (unpaired) electrons. The summed E-state index contributed by atoms with van der Waals surface area (Å²) in [5.41, 5.74) is 4.32. The minimum absolute atomic E-state index is 0.172. The standard InChI is InChI=1S/C12H17N3O5/c1-17-5-12-6-19-8(9(12)18-2)10(20-12)15-4-3-7(13)14-11(15)16/h3-4,8-10H,5-6H2,1-2H3,(H2,13,14,16)/t8?,9?,10-,12+/m1/s1. The van der Waals surface area contributed by atoms with Crippen LogP contribution in [0.15, 0.2) is 17.1 Å². The van der Waals surface area contributed by atoms with Gasteiger partial charge < -0.3 is 24.7 Å². The molecule has 8 nitrogen and oxygen atoms in total. The van der Waals surface area contributed by atoms with Crippen LogP contribution in [0.3, 0.4) is 0 Å². The Labute approximate surface area is 115 Å². The highest BCUT2D eigenvalue weighted by atomic mass is 16.7. The van der Waals surface area contributed by atoms with E-state index in [-0.39, 0.29) is 18.0 Å². The number of fused-ring (bicyclic) bond motifs is 2. The molecule has 2 N–H and O–H groups in total. The first kappa shape index (κ1) is 13.5. The zero-order chi connectivity index (χ0) is 14.3. The van der Waals surface area contributed by atoms with E-state index in [2.05, 4.69) is 4.98 Å². The van der Waals surface area contributed by atoms with Gasteiger partial charge in [0.15, 0.2) is 6.23 Å². The van der Waals surface area contributed by atoms with Crippen molar-refractivity contribution in [3.63, 3.8) is 0 Å². The highest BCUT2D eigenvalue weighted by Gasteiger charge is 2.62. The molecule has 1 aromatic rings. The third-order valence-electron chi connectivity index (χ3n) is 3.74. The van der Waals surface area contributed by atoms with Gasteiger partial charge in [-0.3, -0.25) is 4.57 Å². The Morgan fingerprint density at radius 3 is 3.05 bits per heavy atom. The van der Waals surface area contributed by atoms with Crippen LogP contribution in [0.4, 0.5) is 5.82 Å². The molecule has 2 unspecified atom stereocenters. The third-order valence-corrected chi connectivity index (χ3v) is 3.74. The molecule has 0 saturated carbocycles. The number of nitrogens with zero attached hydrogens (tertiary/aromatic N) is 2. The van der Waals surface area contributed by atoms with Gasteiger partial charge in [-0.05, 0) is 6.07 Å². The van der Waals surface area contributed by atoms with Gasteiger partial charge in [-0.15, -0.1) is 0 Å². The molecule has 2 aliphatic heterocycles. The third kappa shape index (κ3) is 1.84. The molecule has 2 bridgehead atoms. The number of nitrogen functional groups attached to an aromatic ring is 1. The smallest absolute Gasteiger partial charge is 0.351 e. The van der Waals surface area contributed by atoms with Gasteiger partial charge in [-0.25, -0.2) is 4.79 Å². The number of anilines is 1. The number of hydrogen-bond donors (Lipinski definition) is 1. The van der Waals surface area contributed by atoms with Crippen molar-refractivity contribution in [2.45, 2.75) is 24.0 Å². The zero-order valence-electron chi connectivity index (χ0n) is 11.3. The van der Waals surface area contributed by atoms with Gasteiger partial charge in [0.1, 0.15) is 23.6 Å². The first-order chi connectivity index (χ1) is 9.61. The first-order valence-electron chi connectivity index (χ1n) is 6.27. The van der Waals surface area contributed by atoms with Gasteiger partial charge in [-0.1, -0.05) is 0 Å². The normalized spacial score (nSPS) is 35.6. The van der Waals surface area contributed by atoms with Crippen molar-refractivity contribution in [2.75, 3.05) is 33.2 Å². The van der Waals surface area contributed by atoms with Crippen LogP contribution < -0.4 is 11.4 Å². The Morgan fingerprint density at radius 1 is 1.60 bits per heavy atom. The Hall–Kier alpha value is -1.48. The van der Waals surface area contributed by atoms with Crippen molar-refractivity contribution in [2.24, 2.45) is 0 Å². The summed E-state index contributed by atoms with van der Waals surface area (Å²) < 4.78 is 23.8. The van der Waals surface area contributed by atoms with E-state index < -0.39 is 17.5 Å². The van der Waals surface area contributed by atoms with Crippen LogP contribution in [-0.2, 0) is 18.9 Å². The maximum Gasteiger partial charge on any atom is 0.351 e. The lowest BCUT2D eigenvalue weighted by Crippen LogP contribution is -2.45. The highest BCUT2D eigenvalue weighted by molar-refractivity contribution is 5.24. The SMILES string of the molecule is COC[C@]12COC(C1OC)[C@H](n1ccc(N)nc1=O)O2. The summed E-state index contributed by atoms with van der Waals surface area (Å²) in [5.74, 6) is 0.172. The second-order valence-corrected chi connectivity index (χ2v) is 4.98. The van der Waals surface area contributed by atoms with E-state index in [0.717, 1.165) is 0 Å². The van der Waals surface area contributed by atoms with E-state index in [1.165, 1.54) is 4.57 Å². The molecule has 2 fully saturated rings. The molecule has 3 rings (SSSR count). The Balaban J connectivity index is 1.96. The lowest BCUT2D eigenvalue weighted by atomic mass is 10.0. The maximum absolute atomic E-state index is 11.9. The van der Waals surface area contributed by atoms with Crippen molar-refractivity contribution in [1.29, 1.82) is 0 Å². The minimum Gasteiger partial charge on any atom is -0.383 e. The van der Waals surface area contributed by atoms with Crippen LogP contribution in [-0.4, -0.2) is 54.8 Å². The second kappa shape index (κ2) is 4.81. The maximum atomic E-state index is 11.9. The van der Waals surface area contributed by atoms with Gasteiger partial charge in [0.25, 0.3) is 0 Å². The number of methoxy groups -OCH3 is 2. The minimum atomic E-state index is -0.695. The number of aromatic nitrogens is 2. The Kier molecular flexibility index (Phi) is 3.25. The molecule has 0 amide bonds. The molecular weight excluding hydrogens is 266 g/mol. The van der Waals surface area contributed by atoms with Crippen molar-refractivity contribution in [1.82, 2.24) is 9.55 Å². The lowest BCUT2D eigenvalue weighted by Gasteiger charge is -2.30. The van der Waals surface area contributed by atoms with Crippen LogP contribution in [0.25, 0.3) is 0 Å². The summed E-state index contributed by atoms with van der Waals surface area (Å²) in [6.45, 7) is 0.702. The monoisotopic (exact) mass is 283 g/mol. The molecule has 2 aliphatic rings. The lowest BCUT2D eigenvalue weighted by molar-refractivity contribution is -0.191. The van der Waals surface area contributed by atoms with E-state index in [4.69, 9.17) is 24.7 Å². The van der Waals surface area contributed by atoms with Gasteiger partial charge >= 0.3 is 5.69 Å². The largest absolute Gasteiger partial charge is 0.383 e. The topological polar surface area (TPSA) is 97.8 Å². The molecular formula is C12H17N3O5. The van der Waals surface area contributed by atoms with Crippen molar-refractivity contribution >= 4 is 5.82 Å². The van der Waals surface area contributed by atoms with E-state index in [1.807, 2.05) is 0 Å². The summed E-state index contributed by atoms with van der Waals surface area (Å²) in [6, 6.07) is 1.54. The van der Waals surface area contributed by atoms with Gasteiger partial charge in [-0.2, -0.15) is 4.98 Å². The number of rotatable bonds is 4. The molecule has 2 saturated heterocycles. The van der Waals surface area contributed by atoms with Crippen molar-refractivity contribution < 1.29 is 18.9 Å². The predicted octanol–water partition coefficient (Wildman–Crippen LogP) is -0.847. The van der Waals surface area contributed by atoms with Crippen LogP contribution in [0.5, 0.6) is 0 Å². The highest BCUT2D eigenvalue weighted by Crippen LogP contribution is 2.45. The second-order valence-electron chi connectivity index (χ2n) is 4.98. The van der Waals surface area contributed by atoms with E-state index in [1.54, 1.807) is 26.5 Å². The molecule has 0 spiro atoms. The van der Waals surface area contributed by atoms with Crippen LogP contribution in [0.2, 0.25) is 0 Å². The first-order valence-corrected chi connectivity index (χ1v) is 6.27. The summed E-state index contributed by atoms with van der Waals surface area (Å²) >= 11 is 0. The molecule has 3 heterocycles. The number of ether oxygens (including phenoxy) is 4. The Bertz CT molecular complexity index is 562. The van der Waals surface area contributed by atoms with Crippen LogP contribution in [0.1, 0.15) is 6.23 Å². The Morgan fingerprint density at radius 2 is 2.40 bits per heavy atom. The fraction of sp³-hybridized carbons (Fsp3) is 0.667. The molecule has 4 atom stereocenters. The summed E-state index contributed by atoms with van der Waals surface area (Å²) in [4.78, 5) is 15.6. The summed E-state index contributed by atoms with van der Waals surface area (Å²) in [7, 11) is 3.18. The average molecular weight is 283 g/mol. The zero-order valence-corrected chi connectivity index (χ0v) is 11.3. The quantitative estimate of drug-likeness (QED) is 0.768. The molecule has 20 heavy (non-hydrogen) atoms. The van der Waals surface area contributed by atoms with E-state index in [0.29, 0.717) is 13.2 Å². The van der Waals surface area contributed by atoms with Crippen molar-refractivity contribution in [3.8, 4) is 0 Å². The van der Waals surface area contributed by atoms with Gasteiger partial charge in [0.05, 0.1) is 13.2 Å². The molecule has 0 aromatic carbocycles. The van der Waals surface area contributed by atoms with Crippen LogP contribution >= 0.6 is 0 Å². The summed E-state index contributed by atoms with van der Waals surface area (Å²) in [6.07, 6.45) is 0.284. The molecule has 8 heteroatoms. The van der Waals surface area contributed by atoms with Gasteiger partial charge in [0, 0.05) is 20.4 Å². The molecule has 110 valence electrons. The summed E-state index contributed by atoms with van der Waals surface area (Å²) in [5, 5.41) is 0. The van der Waals surface area contributed by atoms with Gasteiger partial charge in [0.2, 0.25) is 0 Å².